The van der Waals surface area contributed by atoms with E-state index in [9.17, 15) is 4.79 Å². The van der Waals surface area contributed by atoms with E-state index in [0.717, 1.165) is 18.8 Å². The molecule has 0 aromatic heterocycles. The van der Waals surface area contributed by atoms with Crippen LogP contribution in [-0.4, -0.2) is 48.4 Å². The van der Waals surface area contributed by atoms with Crippen LogP contribution in [0.3, 0.4) is 0 Å². The van der Waals surface area contributed by atoms with Gasteiger partial charge in [-0.25, -0.2) is 0 Å². The van der Waals surface area contributed by atoms with Crippen molar-refractivity contribution in [2.75, 3.05) is 19.5 Å². The van der Waals surface area contributed by atoms with Gasteiger partial charge in [0.15, 0.2) is 0 Å². The molecule has 1 saturated carbocycles. The van der Waals surface area contributed by atoms with Gasteiger partial charge in [-0.2, -0.15) is 11.8 Å². The summed E-state index contributed by atoms with van der Waals surface area (Å²) in [5.41, 5.74) is -0.567. The quantitative estimate of drug-likeness (QED) is 0.745. The lowest BCUT2D eigenvalue weighted by Crippen LogP contribution is -2.53. The predicted octanol–water partition coefficient (Wildman–Crippen LogP) is 1.58. The van der Waals surface area contributed by atoms with Gasteiger partial charge in [-0.1, -0.05) is 0 Å². The highest BCUT2D eigenvalue weighted by atomic mass is 32.2. The fraction of sp³-hybridized carbons (Fsp3) is 0.923. The number of carbonyl (C=O) groups is 1. The molecule has 5 heteroatoms. The average molecular weight is 273 g/mol. The van der Waals surface area contributed by atoms with Crippen LogP contribution in [0.4, 0.5) is 0 Å². The first-order chi connectivity index (χ1) is 8.55. The van der Waals surface area contributed by atoms with Gasteiger partial charge in [-0.05, 0) is 33.1 Å². The van der Waals surface area contributed by atoms with Crippen molar-refractivity contribution in [3.63, 3.8) is 0 Å². The van der Waals surface area contributed by atoms with Crippen molar-refractivity contribution in [2.24, 2.45) is 0 Å². The van der Waals surface area contributed by atoms with Gasteiger partial charge in [0.2, 0.25) is 0 Å². The molecule has 0 aromatic carbocycles. The van der Waals surface area contributed by atoms with Crippen LogP contribution in [0.2, 0.25) is 0 Å². The summed E-state index contributed by atoms with van der Waals surface area (Å²) in [5, 5.41) is 3.92. The Morgan fingerprint density at radius 1 is 1.50 bits per heavy atom. The maximum absolute atomic E-state index is 12.0. The third-order valence-corrected chi connectivity index (χ3v) is 5.42. The zero-order valence-corrected chi connectivity index (χ0v) is 12.2. The van der Waals surface area contributed by atoms with E-state index in [1.54, 1.807) is 0 Å². The molecule has 4 nitrogen and oxygen atoms in total. The standard InChI is InChI=1S/C13H23NO3S/c1-9-11(6-7-17-9)18-8-13(2,12(15)16-3)14-10-4-5-10/h9-11,14H,4-8H2,1-3H3. The van der Waals surface area contributed by atoms with Gasteiger partial charge in [-0.3, -0.25) is 10.1 Å². The minimum Gasteiger partial charge on any atom is -0.468 e. The fourth-order valence-electron chi connectivity index (χ4n) is 2.27. The van der Waals surface area contributed by atoms with Crippen molar-refractivity contribution >= 4 is 17.7 Å². The first-order valence-corrected chi connectivity index (χ1v) is 7.69. The third-order valence-electron chi connectivity index (χ3n) is 3.63. The van der Waals surface area contributed by atoms with Crippen LogP contribution >= 0.6 is 11.8 Å². The highest BCUT2D eigenvalue weighted by molar-refractivity contribution is 8.00. The molecule has 2 aliphatic rings. The SMILES string of the molecule is COC(=O)C(C)(CSC1CCOC1C)NC1CC1. The first kappa shape index (κ1) is 14.2. The Bertz CT molecular complexity index is 309. The Morgan fingerprint density at radius 2 is 2.22 bits per heavy atom. The molecular formula is C13H23NO3S. The number of hydrogen-bond acceptors (Lipinski definition) is 5. The van der Waals surface area contributed by atoms with Gasteiger partial charge in [0.25, 0.3) is 0 Å². The normalized spacial score (nSPS) is 31.1. The van der Waals surface area contributed by atoms with E-state index < -0.39 is 5.54 Å². The van der Waals surface area contributed by atoms with Crippen LogP contribution < -0.4 is 5.32 Å². The number of esters is 1. The van der Waals surface area contributed by atoms with Gasteiger partial charge in [0.05, 0.1) is 13.2 Å². The van der Waals surface area contributed by atoms with Crippen molar-refractivity contribution in [1.82, 2.24) is 5.32 Å². The molecule has 1 aliphatic heterocycles. The number of rotatable bonds is 6. The zero-order chi connectivity index (χ0) is 13.2. The Labute approximate surface area is 113 Å². The molecule has 1 N–H and O–H groups in total. The van der Waals surface area contributed by atoms with Crippen LogP contribution in [0.5, 0.6) is 0 Å². The van der Waals surface area contributed by atoms with Gasteiger partial charge in [0, 0.05) is 23.7 Å². The lowest BCUT2D eigenvalue weighted by Gasteiger charge is -2.29. The van der Waals surface area contributed by atoms with Gasteiger partial charge in [-0.15, -0.1) is 0 Å². The summed E-state index contributed by atoms with van der Waals surface area (Å²) in [6.45, 7) is 4.89. The summed E-state index contributed by atoms with van der Waals surface area (Å²) in [6.07, 6.45) is 3.70. The molecule has 1 heterocycles. The average Bonchev–Trinajstić information content (AvgIpc) is 3.06. The molecule has 0 bridgehead atoms. The van der Waals surface area contributed by atoms with Crippen LogP contribution in [0.25, 0.3) is 0 Å². The Kier molecular flexibility index (Phi) is 4.56. The van der Waals surface area contributed by atoms with Crippen LogP contribution in [-0.2, 0) is 14.3 Å². The van der Waals surface area contributed by atoms with Crippen molar-refractivity contribution in [3.8, 4) is 0 Å². The number of methoxy groups -OCH3 is 1. The number of hydrogen-bond donors (Lipinski definition) is 1. The monoisotopic (exact) mass is 273 g/mol. The largest absolute Gasteiger partial charge is 0.468 e. The minimum atomic E-state index is -0.567. The van der Waals surface area contributed by atoms with E-state index in [1.807, 2.05) is 18.7 Å². The number of nitrogens with one attached hydrogen (secondary N) is 1. The van der Waals surface area contributed by atoms with E-state index >= 15 is 0 Å². The fourth-order valence-corrected chi connectivity index (χ4v) is 3.63. The Balaban J connectivity index is 1.89. The molecular weight excluding hydrogens is 250 g/mol. The zero-order valence-electron chi connectivity index (χ0n) is 11.4. The van der Waals surface area contributed by atoms with Gasteiger partial charge < -0.3 is 9.47 Å². The van der Waals surface area contributed by atoms with E-state index in [2.05, 4.69) is 12.2 Å². The van der Waals surface area contributed by atoms with Crippen molar-refractivity contribution in [1.29, 1.82) is 0 Å². The lowest BCUT2D eigenvalue weighted by molar-refractivity contribution is -0.147. The molecule has 104 valence electrons. The van der Waals surface area contributed by atoms with E-state index in [1.165, 1.54) is 20.0 Å². The molecule has 18 heavy (non-hydrogen) atoms. The molecule has 2 rings (SSSR count). The van der Waals surface area contributed by atoms with Crippen molar-refractivity contribution in [3.05, 3.63) is 0 Å². The molecule has 0 radical (unpaired) electrons. The maximum Gasteiger partial charge on any atom is 0.326 e. The minimum absolute atomic E-state index is 0.159. The lowest BCUT2D eigenvalue weighted by atomic mass is 10.1. The summed E-state index contributed by atoms with van der Waals surface area (Å²) >= 11 is 1.82. The third kappa shape index (κ3) is 3.39. The Hall–Kier alpha value is -0.260. The molecule has 2 fully saturated rings. The smallest absolute Gasteiger partial charge is 0.326 e. The molecule has 0 aromatic rings. The van der Waals surface area contributed by atoms with E-state index in [0.29, 0.717) is 11.3 Å². The summed E-state index contributed by atoms with van der Waals surface area (Å²) in [6, 6.07) is 0.493. The second-order valence-corrected chi connectivity index (χ2v) is 6.68. The first-order valence-electron chi connectivity index (χ1n) is 6.64. The predicted molar refractivity (Wildman–Crippen MR) is 72.9 cm³/mol. The Morgan fingerprint density at radius 3 is 2.72 bits per heavy atom. The summed E-state index contributed by atoms with van der Waals surface area (Å²) in [5.74, 6) is 0.586. The van der Waals surface area contributed by atoms with E-state index in [-0.39, 0.29) is 12.1 Å². The summed E-state index contributed by atoms with van der Waals surface area (Å²) in [4.78, 5) is 12.0. The van der Waals surface area contributed by atoms with Crippen LogP contribution in [0.15, 0.2) is 0 Å². The molecule has 3 atom stereocenters. The van der Waals surface area contributed by atoms with E-state index in [4.69, 9.17) is 9.47 Å². The van der Waals surface area contributed by atoms with Crippen LogP contribution in [0, 0.1) is 0 Å². The second-order valence-electron chi connectivity index (χ2n) is 5.46. The topological polar surface area (TPSA) is 47.6 Å². The molecule has 0 spiro atoms. The maximum atomic E-state index is 12.0. The molecule has 1 aliphatic carbocycles. The van der Waals surface area contributed by atoms with Crippen molar-refractivity contribution in [2.45, 2.75) is 56.0 Å². The summed E-state index contributed by atoms with van der Waals surface area (Å²) in [7, 11) is 1.46. The highest BCUT2D eigenvalue weighted by Gasteiger charge is 2.40. The summed E-state index contributed by atoms with van der Waals surface area (Å²) < 4.78 is 10.5. The van der Waals surface area contributed by atoms with Gasteiger partial charge in [0.1, 0.15) is 5.54 Å². The second kappa shape index (κ2) is 5.80. The number of ether oxygens (including phenoxy) is 2. The van der Waals surface area contributed by atoms with Crippen molar-refractivity contribution < 1.29 is 14.3 Å². The molecule has 1 saturated heterocycles. The number of thioether (sulfide) groups is 1. The number of carbonyl (C=O) groups excluding carboxylic acids is 1. The van der Waals surface area contributed by atoms with Gasteiger partial charge >= 0.3 is 5.97 Å². The molecule has 3 unspecified atom stereocenters. The molecule has 0 amide bonds. The van der Waals surface area contributed by atoms with Crippen LogP contribution in [0.1, 0.15) is 33.1 Å². The highest BCUT2D eigenvalue weighted by Crippen LogP contribution is 2.31.